The van der Waals surface area contributed by atoms with Crippen molar-refractivity contribution in [3.05, 3.63) is 53.9 Å². The van der Waals surface area contributed by atoms with E-state index in [9.17, 15) is 4.79 Å². The molecule has 0 aliphatic carbocycles. The van der Waals surface area contributed by atoms with Gasteiger partial charge in [0, 0.05) is 18.9 Å². The van der Waals surface area contributed by atoms with E-state index in [1.807, 2.05) is 25.1 Å². The third kappa shape index (κ3) is 3.70. The summed E-state index contributed by atoms with van der Waals surface area (Å²) in [4.78, 5) is 14.6. The number of benzene rings is 1. The van der Waals surface area contributed by atoms with Crippen LogP contribution in [0.5, 0.6) is 11.5 Å². The zero-order valence-electron chi connectivity index (χ0n) is 10.6. The van der Waals surface area contributed by atoms with Gasteiger partial charge in [0.2, 0.25) is 0 Å². The second-order valence-corrected chi connectivity index (χ2v) is 4.10. The molecule has 5 heteroatoms. The number of nitrogens with two attached hydrogens (primary N) is 1. The molecular formula is C14H15N3O2. The van der Waals surface area contributed by atoms with Crippen LogP contribution in [0.4, 0.5) is 4.79 Å². The van der Waals surface area contributed by atoms with Crippen LogP contribution in [-0.2, 0) is 6.54 Å². The fourth-order valence-electron chi connectivity index (χ4n) is 1.66. The van der Waals surface area contributed by atoms with Crippen LogP contribution in [0.25, 0.3) is 0 Å². The summed E-state index contributed by atoms with van der Waals surface area (Å²) in [7, 11) is 0. The van der Waals surface area contributed by atoms with Crippen molar-refractivity contribution in [2.75, 3.05) is 0 Å². The third-order valence-corrected chi connectivity index (χ3v) is 2.58. The number of rotatable bonds is 4. The number of nitrogens with zero attached hydrogens (tertiary/aromatic N) is 1. The van der Waals surface area contributed by atoms with Crippen molar-refractivity contribution in [3.63, 3.8) is 0 Å². The highest BCUT2D eigenvalue weighted by Crippen LogP contribution is 2.25. The lowest BCUT2D eigenvalue weighted by molar-refractivity contribution is 0.248. The molecule has 0 aliphatic rings. The van der Waals surface area contributed by atoms with Gasteiger partial charge in [-0.15, -0.1) is 0 Å². The summed E-state index contributed by atoms with van der Waals surface area (Å²) in [6.07, 6.45) is 3.35. The first-order chi connectivity index (χ1) is 9.15. The Bertz CT molecular complexity index is 570. The quantitative estimate of drug-likeness (QED) is 0.882. The van der Waals surface area contributed by atoms with Gasteiger partial charge in [0.1, 0.15) is 11.5 Å². The third-order valence-electron chi connectivity index (χ3n) is 2.58. The standard InChI is InChI=1S/C14H15N3O2/c1-10-8-11(9-17-14(15)18)2-3-13(10)19-12-4-6-16-7-5-12/h2-8H,9H2,1H3,(H3,15,17,18). The van der Waals surface area contributed by atoms with Gasteiger partial charge in [-0.1, -0.05) is 12.1 Å². The van der Waals surface area contributed by atoms with Crippen molar-refractivity contribution >= 4 is 6.03 Å². The lowest BCUT2D eigenvalue weighted by Crippen LogP contribution is -2.28. The molecule has 2 amide bonds. The van der Waals surface area contributed by atoms with Crippen LogP contribution in [0.3, 0.4) is 0 Å². The number of carbonyl (C=O) groups excluding carboxylic acids is 1. The summed E-state index contributed by atoms with van der Waals surface area (Å²) in [5.41, 5.74) is 6.99. The lowest BCUT2D eigenvalue weighted by Gasteiger charge is -2.10. The summed E-state index contributed by atoms with van der Waals surface area (Å²) in [6, 6.07) is 8.76. The van der Waals surface area contributed by atoms with Crippen molar-refractivity contribution in [2.24, 2.45) is 5.73 Å². The molecule has 3 N–H and O–H groups in total. The molecule has 98 valence electrons. The second kappa shape index (κ2) is 5.86. The lowest BCUT2D eigenvalue weighted by atomic mass is 10.1. The Labute approximate surface area is 111 Å². The van der Waals surface area contributed by atoms with Gasteiger partial charge in [0.05, 0.1) is 0 Å². The van der Waals surface area contributed by atoms with Crippen LogP contribution in [0.2, 0.25) is 0 Å². The number of amides is 2. The number of carbonyl (C=O) groups is 1. The van der Waals surface area contributed by atoms with Crippen molar-refractivity contribution in [1.82, 2.24) is 10.3 Å². The summed E-state index contributed by atoms with van der Waals surface area (Å²) in [5.74, 6) is 1.51. The Morgan fingerprint density at radius 1 is 1.32 bits per heavy atom. The fourth-order valence-corrected chi connectivity index (χ4v) is 1.66. The zero-order valence-corrected chi connectivity index (χ0v) is 10.6. The first-order valence-electron chi connectivity index (χ1n) is 5.86. The predicted molar refractivity (Wildman–Crippen MR) is 71.9 cm³/mol. The van der Waals surface area contributed by atoms with Crippen molar-refractivity contribution in [2.45, 2.75) is 13.5 Å². The smallest absolute Gasteiger partial charge is 0.312 e. The van der Waals surface area contributed by atoms with E-state index in [1.54, 1.807) is 24.5 Å². The number of hydrogen-bond donors (Lipinski definition) is 2. The van der Waals surface area contributed by atoms with Crippen LogP contribution < -0.4 is 15.8 Å². The van der Waals surface area contributed by atoms with Crippen LogP contribution in [0.1, 0.15) is 11.1 Å². The average Bonchev–Trinajstić information content (AvgIpc) is 2.40. The largest absolute Gasteiger partial charge is 0.457 e. The Morgan fingerprint density at radius 2 is 2.05 bits per heavy atom. The van der Waals surface area contributed by atoms with Gasteiger partial charge in [0.15, 0.2) is 0 Å². The molecule has 2 rings (SSSR count). The molecule has 5 nitrogen and oxygen atoms in total. The number of ether oxygens (including phenoxy) is 1. The molecule has 0 saturated carbocycles. The number of aryl methyl sites for hydroxylation is 1. The van der Waals surface area contributed by atoms with E-state index < -0.39 is 6.03 Å². The minimum Gasteiger partial charge on any atom is -0.457 e. The van der Waals surface area contributed by atoms with Crippen LogP contribution in [0.15, 0.2) is 42.7 Å². The molecule has 0 saturated heterocycles. The SMILES string of the molecule is Cc1cc(CNC(N)=O)ccc1Oc1ccncc1. The van der Waals surface area contributed by atoms with E-state index in [-0.39, 0.29) is 0 Å². The van der Waals surface area contributed by atoms with E-state index in [1.165, 1.54) is 0 Å². The van der Waals surface area contributed by atoms with Crippen molar-refractivity contribution in [3.8, 4) is 11.5 Å². The Balaban J connectivity index is 2.09. The Hall–Kier alpha value is -2.56. The zero-order chi connectivity index (χ0) is 13.7. The Morgan fingerprint density at radius 3 is 2.68 bits per heavy atom. The number of nitrogens with one attached hydrogen (secondary N) is 1. The summed E-state index contributed by atoms with van der Waals surface area (Å²) in [5, 5.41) is 2.55. The van der Waals surface area contributed by atoms with Crippen molar-refractivity contribution < 1.29 is 9.53 Å². The molecule has 1 aromatic heterocycles. The second-order valence-electron chi connectivity index (χ2n) is 4.10. The molecule has 0 aliphatic heterocycles. The number of pyridine rings is 1. The van der Waals surface area contributed by atoms with Gasteiger partial charge in [-0.25, -0.2) is 4.79 Å². The monoisotopic (exact) mass is 257 g/mol. The van der Waals surface area contributed by atoms with Gasteiger partial charge in [0.25, 0.3) is 0 Å². The molecule has 0 radical (unpaired) electrons. The molecule has 0 bridgehead atoms. The first kappa shape index (κ1) is 12.9. The van der Waals surface area contributed by atoms with Crippen LogP contribution in [-0.4, -0.2) is 11.0 Å². The molecule has 2 aromatic rings. The van der Waals surface area contributed by atoms with Gasteiger partial charge in [-0.2, -0.15) is 0 Å². The number of aromatic nitrogens is 1. The van der Waals surface area contributed by atoms with E-state index in [0.29, 0.717) is 6.54 Å². The van der Waals surface area contributed by atoms with E-state index in [4.69, 9.17) is 10.5 Å². The molecule has 0 atom stereocenters. The maximum atomic E-state index is 10.6. The van der Waals surface area contributed by atoms with Crippen molar-refractivity contribution in [1.29, 1.82) is 0 Å². The van der Waals surface area contributed by atoms with Crippen LogP contribution >= 0.6 is 0 Å². The Kier molecular flexibility index (Phi) is 3.97. The highest BCUT2D eigenvalue weighted by Gasteiger charge is 2.03. The molecule has 19 heavy (non-hydrogen) atoms. The molecule has 0 unspecified atom stereocenters. The predicted octanol–water partition coefficient (Wildman–Crippen LogP) is 2.35. The topological polar surface area (TPSA) is 77.2 Å². The van der Waals surface area contributed by atoms with E-state index >= 15 is 0 Å². The normalized spacial score (nSPS) is 9.95. The molecular weight excluding hydrogens is 242 g/mol. The molecule has 0 fully saturated rings. The maximum Gasteiger partial charge on any atom is 0.312 e. The van der Waals surface area contributed by atoms with E-state index in [0.717, 1.165) is 22.6 Å². The van der Waals surface area contributed by atoms with Gasteiger partial charge >= 0.3 is 6.03 Å². The summed E-state index contributed by atoms with van der Waals surface area (Å²) < 4.78 is 5.74. The number of primary amides is 1. The molecule has 1 aromatic carbocycles. The molecule has 1 heterocycles. The highest BCUT2D eigenvalue weighted by atomic mass is 16.5. The first-order valence-corrected chi connectivity index (χ1v) is 5.86. The number of hydrogen-bond acceptors (Lipinski definition) is 3. The maximum absolute atomic E-state index is 10.6. The van der Waals surface area contributed by atoms with Gasteiger partial charge < -0.3 is 15.8 Å². The minimum atomic E-state index is -0.533. The highest BCUT2D eigenvalue weighted by molar-refractivity contribution is 5.71. The van der Waals surface area contributed by atoms with E-state index in [2.05, 4.69) is 10.3 Å². The summed E-state index contributed by atoms with van der Waals surface area (Å²) >= 11 is 0. The number of urea groups is 1. The molecule has 0 spiro atoms. The fraction of sp³-hybridized carbons (Fsp3) is 0.143. The summed E-state index contributed by atoms with van der Waals surface area (Å²) in [6.45, 7) is 2.36. The van der Waals surface area contributed by atoms with Gasteiger partial charge in [-0.3, -0.25) is 4.98 Å². The van der Waals surface area contributed by atoms with Gasteiger partial charge in [-0.05, 0) is 36.2 Å². The minimum absolute atomic E-state index is 0.408. The van der Waals surface area contributed by atoms with Crippen LogP contribution in [0, 0.1) is 6.92 Å². The average molecular weight is 257 g/mol.